The number of aldehydes is 1. The monoisotopic (exact) mass is 360 g/mol. The van der Waals surface area contributed by atoms with E-state index in [4.69, 9.17) is 0 Å². The molecule has 2 N–H and O–H groups in total. The van der Waals surface area contributed by atoms with Crippen molar-refractivity contribution in [3.05, 3.63) is 36.0 Å². The number of hydrogen-bond acceptors (Lipinski definition) is 6. The molecule has 25 heavy (non-hydrogen) atoms. The van der Waals surface area contributed by atoms with Crippen LogP contribution >= 0.6 is 11.8 Å². The second-order valence-corrected chi connectivity index (χ2v) is 7.02. The van der Waals surface area contributed by atoms with Crippen LogP contribution in [0.2, 0.25) is 0 Å². The first-order valence-corrected chi connectivity index (χ1v) is 8.75. The minimum absolute atomic E-state index is 0.328. The molecule has 1 amide bonds. The lowest BCUT2D eigenvalue weighted by molar-refractivity contribution is 0.112. The Kier molecular flexibility index (Phi) is 5.63. The molecule has 0 aliphatic heterocycles. The summed E-state index contributed by atoms with van der Waals surface area (Å²) in [6, 6.07) is 6.95. The highest BCUT2D eigenvalue weighted by molar-refractivity contribution is 7.98. The van der Waals surface area contributed by atoms with Crippen LogP contribution in [0.25, 0.3) is 0 Å². The van der Waals surface area contributed by atoms with E-state index < -0.39 is 11.6 Å². The number of thioether (sulfide) groups is 1. The standard InChI is InChI=1S/C17H20N4O3S/c1-17(2,3)21(16(23)24)13-7-5-6-12(8-13)19-14-11(10-22)9-18-15(20-14)25-4/h5-10H,1-4H3,(H,23,24)(H,18,19,20). The second-order valence-electron chi connectivity index (χ2n) is 6.24. The summed E-state index contributed by atoms with van der Waals surface area (Å²) >= 11 is 1.36. The summed E-state index contributed by atoms with van der Waals surface area (Å²) in [5.41, 5.74) is 0.882. The summed E-state index contributed by atoms with van der Waals surface area (Å²) in [4.78, 5) is 32.5. The van der Waals surface area contributed by atoms with E-state index in [9.17, 15) is 14.7 Å². The Hall–Kier alpha value is -2.61. The van der Waals surface area contributed by atoms with Crippen LogP contribution < -0.4 is 10.2 Å². The smallest absolute Gasteiger partial charge is 0.412 e. The summed E-state index contributed by atoms with van der Waals surface area (Å²) in [6.45, 7) is 5.46. The molecule has 2 aromatic rings. The van der Waals surface area contributed by atoms with E-state index >= 15 is 0 Å². The molecule has 1 aromatic carbocycles. The van der Waals surface area contributed by atoms with Crippen molar-refractivity contribution in [1.29, 1.82) is 0 Å². The number of anilines is 3. The molecule has 0 aliphatic rings. The fourth-order valence-electron chi connectivity index (χ4n) is 2.30. The van der Waals surface area contributed by atoms with Crippen molar-refractivity contribution in [2.75, 3.05) is 16.5 Å². The number of benzene rings is 1. The van der Waals surface area contributed by atoms with E-state index in [1.165, 1.54) is 22.9 Å². The van der Waals surface area contributed by atoms with Gasteiger partial charge in [0.25, 0.3) is 0 Å². The first kappa shape index (κ1) is 18.7. The van der Waals surface area contributed by atoms with Crippen LogP contribution in [-0.4, -0.2) is 39.2 Å². The Morgan fingerprint density at radius 1 is 1.36 bits per heavy atom. The number of hydrogen-bond donors (Lipinski definition) is 2. The molecule has 1 aromatic heterocycles. The van der Waals surface area contributed by atoms with Gasteiger partial charge in [-0.3, -0.25) is 9.69 Å². The van der Waals surface area contributed by atoms with Crippen LogP contribution in [0.1, 0.15) is 31.1 Å². The van der Waals surface area contributed by atoms with Gasteiger partial charge in [-0.05, 0) is 45.2 Å². The third kappa shape index (κ3) is 4.48. The molecule has 0 radical (unpaired) electrons. The normalized spacial score (nSPS) is 11.0. The highest BCUT2D eigenvalue weighted by atomic mass is 32.2. The molecule has 0 spiro atoms. The average molecular weight is 360 g/mol. The van der Waals surface area contributed by atoms with Crippen molar-refractivity contribution >= 4 is 41.3 Å². The summed E-state index contributed by atoms with van der Waals surface area (Å²) in [6.07, 6.45) is 2.94. The minimum atomic E-state index is -1.04. The van der Waals surface area contributed by atoms with E-state index in [0.29, 0.717) is 34.2 Å². The molecule has 0 atom stereocenters. The summed E-state index contributed by atoms with van der Waals surface area (Å²) in [5, 5.41) is 13.1. The third-order valence-electron chi connectivity index (χ3n) is 3.33. The maximum atomic E-state index is 11.6. The molecule has 1 heterocycles. The zero-order valence-corrected chi connectivity index (χ0v) is 15.3. The van der Waals surface area contributed by atoms with Crippen molar-refractivity contribution in [3.63, 3.8) is 0 Å². The molecule has 0 saturated heterocycles. The van der Waals surface area contributed by atoms with Gasteiger partial charge in [0.1, 0.15) is 5.82 Å². The van der Waals surface area contributed by atoms with Crippen LogP contribution in [-0.2, 0) is 0 Å². The van der Waals surface area contributed by atoms with Gasteiger partial charge in [-0.15, -0.1) is 0 Å². The van der Waals surface area contributed by atoms with Gasteiger partial charge in [-0.2, -0.15) is 0 Å². The average Bonchev–Trinajstić information content (AvgIpc) is 2.53. The molecule has 132 valence electrons. The van der Waals surface area contributed by atoms with E-state index in [1.807, 2.05) is 27.0 Å². The molecule has 0 aliphatic carbocycles. The van der Waals surface area contributed by atoms with Gasteiger partial charge in [-0.1, -0.05) is 17.8 Å². The fourth-order valence-corrected chi connectivity index (χ4v) is 2.64. The Morgan fingerprint density at radius 2 is 2.08 bits per heavy atom. The van der Waals surface area contributed by atoms with Gasteiger partial charge in [0.15, 0.2) is 11.4 Å². The Balaban J connectivity index is 2.40. The summed E-state index contributed by atoms with van der Waals surface area (Å²) in [7, 11) is 0. The van der Waals surface area contributed by atoms with E-state index in [1.54, 1.807) is 24.3 Å². The molecule has 8 heteroatoms. The molecule has 2 rings (SSSR count). The van der Waals surface area contributed by atoms with Crippen LogP contribution in [0, 0.1) is 0 Å². The third-order valence-corrected chi connectivity index (χ3v) is 3.90. The maximum Gasteiger partial charge on any atom is 0.412 e. The quantitative estimate of drug-likeness (QED) is 0.472. The van der Waals surface area contributed by atoms with Crippen LogP contribution in [0.15, 0.2) is 35.6 Å². The van der Waals surface area contributed by atoms with Crippen LogP contribution in [0.3, 0.4) is 0 Å². The zero-order valence-electron chi connectivity index (χ0n) is 14.5. The summed E-state index contributed by atoms with van der Waals surface area (Å²) in [5.74, 6) is 0.379. The molecule has 0 saturated carbocycles. The Morgan fingerprint density at radius 3 is 2.64 bits per heavy atom. The largest absolute Gasteiger partial charge is 0.465 e. The number of aromatic nitrogens is 2. The summed E-state index contributed by atoms with van der Waals surface area (Å²) < 4.78 is 0. The first-order chi connectivity index (χ1) is 11.8. The van der Waals surface area contributed by atoms with Gasteiger partial charge >= 0.3 is 6.09 Å². The Labute approximate surface area is 150 Å². The molecular weight excluding hydrogens is 340 g/mol. The van der Waals surface area contributed by atoms with Crippen molar-refractivity contribution in [2.24, 2.45) is 0 Å². The van der Waals surface area contributed by atoms with Crippen molar-refractivity contribution in [3.8, 4) is 0 Å². The number of carboxylic acid groups (broad SMARTS) is 1. The van der Waals surface area contributed by atoms with Crippen LogP contribution in [0.5, 0.6) is 0 Å². The molecule has 0 unspecified atom stereocenters. The lowest BCUT2D eigenvalue weighted by Crippen LogP contribution is -2.45. The lowest BCUT2D eigenvalue weighted by atomic mass is 10.1. The molecule has 0 fully saturated rings. The number of carbonyl (C=O) groups excluding carboxylic acids is 1. The zero-order chi connectivity index (χ0) is 18.6. The number of rotatable bonds is 5. The predicted octanol–water partition coefficient (Wildman–Crippen LogP) is 4.04. The van der Waals surface area contributed by atoms with Crippen molar-refractivity contribution in [1.82, 2.24) is 9.97 Å². The first-order valence-electron chi connectivity index (χ1n) is 7.52. The highest BCUT2D eigenvalue weighted by Crippen LogP contribution is 2.28. The topological polar surface area (TPSA) is 95.4 Å². The lowest BCUT2D eigenvalue weighted by Gasteiger charge is -2.33. The van der Waals surface area contributed by atoms with Crippen molar-refractivity contribution in [2.45, 2.75) is 31.5 Å². The van der Waals surface area contributed by atoms with E-state index in [-0.39, 0.29) is 0 Å². The van der Waals surface area contributed by atoms with Crippen molar-refractivity contribution < 1.29 is 14.7 Å². The number of nitrogens with zero attached hydrogens (tertiary/aromatic N) is 3. The highest BCUT2D eigenvalue weighted by Gasteiger charge is 2.27. The minimum Gasteiger partial charge on any atom is -0.465 e. The van der Waals surface area contributed by atoms with E-state index in [0.717, 1.165) is 0 Å². The molecule has 0 bridgehead atoms. The number of carbonyl (C=O) groups is 2. The number of nitrogens with one attached hydrogen (secondary N) is 1. The van der Waals surface area contributed by atoms with Gasteiger partial charge in [0.2, 0.25) is 0 Å². The van der Waals surface area contributed by atoms with Gasteiger partial charge in [-0.25, -0.2) is 14.8 Å². The van der Waals surface area contributed by atoms with E-state index in [2.05, 4.69) is 15.3 Å². The Bertz CT molecular complexity index is 790. The van der Waals surface area contributed by atoms with Gasteiger partial charge < -0.3 is 10.4 Å². The maximum absolute atomic E-state index is 11.6. The number of amides is 1. The predicted molar refractivity (Wildman–Crippen MR) is 99.2 cm³/mol. The second kappa shape index (κ2) is 7.52. The molecular formula is C17H20N4O3S. The SMILES string of the molecule is CSc1ncc(C=O)c(Nc2cccc(N(C(=O)O)C(C)(C)C)c2)n1. The fraction of sp³-hybridized carbons (Fsp3) is 0.294. The molecule has 7 nitrogen and oxygen atoms in total. The van der Waals surface area contributed by atoms with Gasteiger partial charge in [0.05, 0.1) is 5.56 Å². The van der Waals surface area contributed by atoms with Crippen LogP contribution in [0.4, 0.5) is 22.0 Å². The van der Waals surface area contributed by atoms with Gasteiger partial charge in [0, 0.05) is 23.1 Å².